The Labute approximate surface area is 188 Å². The lowest BCUT2D eigenvalue weighted by atomic mass is 10.2. The molecule has 30 heavy (non-hydrogen) atoms. The second-order valence-corrected chi connectivity index (χ2v) is 10.1. The molecule has 1 saturated heterocycles. The Bertz CT molecular complexity index is 994. The molecule has 2 aromatic rings. The van der Waals surface area contributed by atoms with E-state index in [2.05, 4.69) is 0 Å². The molecular weight excluding hydrogens is 445 g/mol. The van der Waals surface area contributed by atoms with Gasteiger partial charge >= 0.3 is 0 Å². The molecule has 0 N–H and O–H groups in total. The van der Waals surface area contributed by atoms with Crippen LogP contribution in [0.25, 0.3) is 0 Å². The Hall–Kier alpha value is -1.64. The van der Waals surface area contributed by atoms with E-state index in [1.807, 2.05) is 42.2 Å². The summed E-state index contributed by atoms with van der Waals surface area (Å²) in [6, 6.07) is 13.9. The van der Waals surface area contributed by atoms with Crippen LogP contribution in [0.15, 0.2) is 53.4 Å². The molecule has 0 radical (unpaired) electrons. The highest BCUT2D eigenvalue weighted by atomic mass is 35.5. The number of nitrogens with zero attached hydrogens (tertiary/aromatic N) is 3. The number of likely N-dealkylation sites (N-methyl/N-ethyl adjacent to an activating group) is 1. The summed E-state index contributed by atoms with van der Waals surface area (Å²) in [5.41, 5.74) is 1.06. The summed E-state index contributed by atoms with van der Waals surface area (Å²) in [5, 5.41) is 0.463. The van der Waals surface area contributed by atoms with Crippen LogP contribution < -0.4 is 0 Å². The van der Waals surface area contributed by atoms with Gasteiger partial charge in [-0.15, -0.1) is 0 Å². The van der Waals surface area contributed by atoms with Crippen molar-refractivity contribution in [2.75, 3.05) is 33.2 Å². The minimum atomic E-state index is -3.75. The number of amides is 1. The van der Waals surface area contributed by atoms with Crippen LogP contribution in [0.1, 0.15) is 12.5 Å². The van der Waals surface area contributed by atoms with E-state index < -0.39 is 10.0 Å². The van der Waals surface area contributed by atoms with Gasteiger partial charge in [-0.05, 0) is 30.7 Å². The average Bonchev–Trinajstić information content (AvgIpc) is 2.75. The van der Waals surface area contributed by atoms with E-state index in [4.69, 9.17) is 23.2 Å². The summed E-state index contributed by atoms with van der Waals surface area (Å²) < 4.78 is 27.3. The van der Waals surface area contributed by atoms with Gasteiger partial charge in [0.05, 0.1) is 11.1 Å². The van der Waals surface area contributed by atoms with Crippen molar-refractivity contribution in [1.29, 1.82) is 0 Å². The molecule has 162 valence electrons. The summed E-state index contributed by atoms with van der Waals surface area (Å²) in [4.78, 5) is 16.6. The molecule has 0 saturated carbocycles. The lowest BCUT2D eigenvalue weighted by Gasteiger charge is -2.38. The first-order chi connectivity index (χ1) is 14.2. The first-order valence-electron chi connectivity index (χ1n) is 9.68. The number of sulfonamides is 1. The van der Waals surface area contributed by atoms with Crippen molar-refractivity contribution in [2.24, 2.45) is 0 Å². The van der Waals surface area contributed by atoms with Crippen LogP contribution in [-0.4, -0.2) is 67.7 Å². The Kier molecular flexibility index (Phi) is 7.42. The zero-order valence-corrected chi connectivity index (χ0v) is 19.3. The van der Waals surface area contributed by atoms with Gasteiger partial charge in [-0.3, -0.25) is 9.69 Å². The van der Waals surface area contributed by atoms with E-state index in [0.717, 1.165) is 5.56 Å². The Morgan fingerprint density at radius 2 is 1.70 bits per heavy atom. The second-order valence-electron chi connectivity index (χ2n) is 7.37. The number of hydrogen-bond acceptors (Lipinski definition) is 4. The van der Waals surface area contributed by atoms with Crippen LogP contribution in [0.3, 0.4) is 0 Å². The Morgan fingerprint density at radius 3 is 2.33 bits per heavy atom. The molecule has 0 spiro atoms. The van der Waals surface area contributed by atoms with Gasteiger partial charge in [0.15, 0.2) is 0 Å². The molecule has 0 unspecified atom stereocenters. The van der Waals surface area contributed by atoms with Gasteiger partial charge in [0.25, 0.3) is 0 Å². The summed E-state index contributed by atoms with van der Waals surface area (Å²) >= 11 is 12.1. The number of halogens is 2. The molecule has 2 aromatic carbocycles. The third kappa shape index (κ3) is 5.15. The Balaban J connectivity index is 1.61. The lowest BCUT2D eigenvalue weighted by Crippen LogP contribution is -2.55. The van der Waals surface area contributed by atoms with E-state index >= 15 is 0 Å². The lowest BCUT2D eigenvalue weighted by molar-refractivity contribution is -0.136. The average molecular weight is 470 g/mol. The smallest absolute Gasteiger partial charge is 0.244 e. The molecule has 0 bridgehead atoms. The molecule has 1 atom stereocenters. The predicted molar refractivity (Wildman–Crippen MR) is 119 cm³/mol. The zero-order valence-electron chi connectivity index (χ0n) is 17.0. The molecule has 6 nitrogen and oxygen atoms in total. The number of hydrogen-bond donors (Lipinski definition) is 0. The van der Waals surface area contributed by atoms with Crippen molar-refractivity contribution in [3.05, 3.63) is 64.1 Å². The van der Waals surface area contributed by atoms with Gasteiger partial charge in [0.1, 0.15) is 4.90 Å². The van der Waals surface area contributed by atoms with Gasteiger partial charge in [0.2, 0.25) is 15.9 Å². The summed E-state index contributed by atoms with van der Waals surface area (Å²) in [7, 11) is -1.96. The predicted octanol–water partition coefficient (Wildman–Crippen LogP) is 3.35. The van der Waals surface area contributed by atoms with Gasteiger partial charge in [-0.25, -0.2) is 8.42 Å². The van der Waals surface area contributed by atoms with Gasteiger partial charge in [-0.1, -0.05) is 53.5 Å². The molecule has 1 aliphatic heterocycles. The second kappa shape index (κ2) is 9.66. The van der Waals surface area contributed by atoms with Crippen LogP contribution in [0.5, 0.6) is 0 Å². The number of carbonyl (C=O) groups is 1. The van der Waals surface area contributed by atoms with Crippen molar-refractivity contribution in [3.63, 3.8) is 0 Å². The molecule has 1 aliphatic rings. The summed E-state index contributed by atoms with van der Waals surface area (Å²) in [6.45, 7) is 3.89. The quantitative estimate of drug-likeness (QED) is 0.650. The molecule has 0 aromatic heterocycles. The third-order valence-corrected chi connectivity index (χ3v) is 7.94. The van der Waals surface area contributed by atoms with Crippen LogP contribution in [0.2, 0.25) is 10.0 Å². The summed E-state index contributed by atoms with van der Waals surface area (Å²) in [5.74, 6) is 0.00745. The summed E-state index contributed by atoms with van der Waals surface area (Å²) in [6.07, 6.45) is 0. The monoisotopic (exact) mass is 469 g/mol. The zero-order chi connectivity index (χ0) is 21.9. The fraction of sp³-hybridized carbons (Fsp3) is 0.381. The molecule has 3 rings (SSSR count). The van der Waals surface area contributed by atoms with Crippen LogP contribution >= 0.6 is 23.2 Å². The highest BCUT2D eigenvalue weighted by Gasteiger charge is 2.33. The minimum absolute atomic E-state index is 0.00745. The highest BCUT2D eigenvalue weighted by molar-refractivity contribution is 7.89. The van der Waals surface area contributed by atoms with Crippen LogP contribution in [0, 0.1) is 0 Å². The minimum Gasteiger partial charge on any atom is -0.340 e. The number of rotatable bonds is 6. The van der Waals surface area contributed by atoms with E-state index in [1.165, 1.54) is 16.4 Å². The topological polar surface area (TPSA) is 60.9 Å². The van der Waals surface area contributed by atoms with E-state index in [-0.39, 0.29) is 35.0 Å². The number of benzene rings is 2. The molecule has 9 heteroatoms. The SMILES string of the molecule is C[C@H](C(=O)N(C)Cc1ccccc1)N1CCN(S(=O)(=O)c2cc(Cl)ccc2Cl)CC1. The largest absolute Gasteiger partial charge is 0.340 e. The molecule has 1 fully saturated rings. The highest BCUT2D eigenvalue weighted by Crippen LogP contribution is 2.28. The van der Waals surface area contributed by atoms with Crippen LogP contribution in [0.4, 0.5) is 0 Å². The molecule has 1 amide bonds. The maximum atomic E-state index is 13.0. The van der Waals surface area contributed by atoms with E-state index in [1.54, 1.807) is 18.0 Å². The maximum Gasteiger partial charge on any atom is 0.244 e. The van der Waals surface area contributed by atoms with Crippen LogP contribution in [-0.2, 0) is 21.4 Å². The fourth-order valence-corrected chi connectivity index (χ4v) is 5.71. The number of piperazine rings is 1. The molecule has 1 heterocycles. The van der Waals surface area contributed by atoms with E-state index in [9.17, 15) is 13.2 Å². The van der Waals surface area contributed by atoms with Crippen molar-refractivity contribution < 1.29 is 13.2 Å². The molecular formula is C21H25Cl2N3O3S. The van der Waals surface area contributed by atoms with Gasteiger partial charge in [0, 0.05) is 44.8 Å². The molecule has 0 aliphatic carbocycles. The van der Waals surface area contributed by atoms with Crippen molar-refractivity contribution in [2.45, 2.75) is 24.4 Å². The van der Waals surface area contributed by atoms with Crippen molar-refractivity contribution in [1.82, 2.24) is 14.1 Å². The number of carbonyl (C=O) groups excluding carboxylic acids is 1. The first-order valence-corrected chi connectivity index (χ1v) is 11.9. The normalized spacial score (nSPS) is 16.9. The first kappa shape index (κ1) is 23.0. The fourth-order valence-electron chi connectivity index (χ4n) is 3.56. The van der Waals surface area contributed by atoms with E-state index in [0.29, 0.717) is 24.7 Å². The maximum absolute atomic E-state index is 13.0. The third-order valence-electron chi connectivity index (χ3n) is 5.33. The standard InChI is InChI=1S/C21H25Cl2N3O3S/c1-16(21(27)24(2)15-17-6-4-3-5-7-17)25-10-12-26(13-11-25)30(28,29)20-14-18(22)8-9-19(20)23/h3-9,14,16H,10-13,15H2,1-2H3/t16-/m1/s1. The van der Waals surface area contributed by atoms with Crippen molar-refractivity contribution in [3.8, 4) is 0 Å². The Morgan fingerprint density at radius 1 is 1.07 bits per heavy atom. The van der Waals surface area contributed by atoms with Crippen molar-refractivity contribution >= 4 is 39.1 Å². The van der Waals surface area contributed by atoms with Gasteiger partial charge < -0.3 is 4.90 Å². The van der Waals surface area contributed by atoms with Gasteiger partial charge in [-0.2, -0.15) is 4.31 Å².